The molecule has 4 nitrogen and oxygen atoms in total. The van der Waals surface area contributed by atoms with Gasteiger partial charge >= 0.3 is 0 Å². The highest BCUT2D eigenvalue weighted by Gasteiger charge is 2.10. The van der Waals surface area contributed by atoms with E-state index in [2.05, 4.69) is 53.1 Å². The minimum Gasteiger partial charge on any atom is -0.304 e. The lowest BCUT2D eigenvalue weighted by Gasteiger charge is -2.13. The molecule has 0 aliphatic carbocycles. The Kier molecular flexibility index (Phi) is 3.97. The van der Waals surface area contributed by atoms with Crippen LogP contribution in [0.25, 0.3) is 10.9 Å². The van der Waals surface area contributed by atoms with Crippen molar-refractivity contribution >= 4 is 10.9 Å². The highest BCUT2D eigenvalue weighted by Crippen LogP contribution is 2.19. The molecule has 0 amide bonds. The zero-order valence-corrected chi connectivity index (χ0v) is 12.5. The van der Waals surface area contributed by atoms with Gasteiger partial charge in [0.05, 0.1) is 11.2 Å². The van der Waals surface area contributed by atoms with E-state index in [0.29, 0.717) is 0 Å². The molecule has 0 radical (unpaired) electrons. The van der Waals surface area contributed by atoms with Gasteiger partial charge in [0, 0.05) is 36.9 Å². The first-order chi connectivity index (χ1) is 10.3. The summed E-state index contributed by atoms with van der Waals surface area (Å²) in [6.07, 6.45) is 3.66. The van der Waals surface area contributed by atoms with E-state index >= 15 is 0 Å². The summed E-state index contributed by atoms with van der Waals surface area (Å²) >= 11 is 0. The molecule has 0 unspecified atom stereocenters. The van der Waals surface area contributed by atoms with Gasteiger partial charge in [0.25, 0.3) is 0 Å². The Morgan fingerprint density at radius 2 is 1.90 bits per heavy atom. The van der Waals surface area contributed by atoms with Crippen molar-refractivity contribution in [3.63, 3.8) is 0 Å². The average Bonchev–Trinajstić information content (AvgIpc) is 2.91. The van der Waals surface area contributed by atoms with E-state index in [9.17, 15) is 0 Å². The number of pyridine rings is 1. The molecule has 0 fully saturated rings. The molecule has 3 rings (SSSR count). The van der Waals surface area contributed by atoms with Crippen molar-refractivity contribution in [2.24, 2.45) is 0 Å². The molecule has 1 N–H and O–H groups in total. The Morgan fingerprint density at radius 1 is 1.14 bits per heavy atom. The molecule has 21 heavy (non-hydrogen) atoms. The number of nitrogens with zero attached hydrogens (tertiary/aromatic N) is 3. The molecule has 1 atom stereocenters. The molecule has 2 heterocycles. The molecule has 108 valence electrons. The van der Waals surface area contributed by atoms with E-state index in [1.54, 1.807) is 0 Å². The Bertz CT molecular complexity index is 718. The predicted molar refractivity (Wildman–Crippen MR) is 84.9 cm³/mol. The predicted octanol–water partition coefficient (Wildman–Crippen LogP) is 3.30. The molecular formula is C17H20N4. The summed E-state index contributed by atoms with van der Waals surface area (Å²) in [6.45, 7) is 5.93. The van der Waals surface area contributed by atoms with Crippen molar-refractivity contribution < 1.29 is 0 Å². The maximum Gasteiger partial charge on any atom is 0.0841 e. The number of aromatic nitrogens is 3. The molecule has 3 aromatic rings. The second-order valence-corrected chi connectivity index (χ2v) is 5.16. The highest BCUT2D eigenvalue weighted by atomic mass is 15.3. The van der Waals surface area contributed by atoms with Gasteiger partial charge in [0.1, 0.15) is 0 Å². The van der Waals surface area contributed by atoms with Crippen LogP contribution in [0.4, 0.5) is 0 Å². The maximum atomic E-state index is 4.72. The zero-order chi connectivity index (χ0) is 14.7. The van der Waals surface area contributed by atoms with Crippen LogP contribution in [0.2, 0.25) is 0 Å². The summed E-state index contributed by atoms with van der Waals surface area (Å²) in [6, 6.07) is 12.8. The molecule has 4 heteroatoms. The molecule has 0 aliphatic heterocycles. The van der Waals surface area contributed by atoms with Crippen LogP contribution < -0.4 is 5.32 Å². The zero-order valence-electron chi connectivity index (χ0n) is 12.5. The minimum absolute atomic E-state index is 0.276. The van der Waals surface area contributed by atoms with E-state index in [1.807, 2.05) is 24.5 Å². The third-order valence-corrected chi connectivity index (χ3v) is 3.82. The lowest BCUT2D eigenvalue weighted by molar-refractivity contribution is 0.558. The van der Waals surface area contributed by atoms with Crippen LogP contribution >= 0.6 is 0 Å². The summed E-state index contributed by atoms with van der Waals surface area (Å²) in [7, 11) is 0. The molecule has 0 aliphatic rings. The summed E-state index contributed by atoms with van der Waals surface area (Å²) in [5.41, 5.74) is 3.55. The van der Waals surface area contributed by atoms with Crippen LogP contribution in [0.1, 0.15) is 31.1 Å². The minimum atomic E-state index is 0.276. The number of hydrogen-bond donors (Lipinski definition) is 1. The average molecular weight is 280 g/mol. The standard InChI is InChI=1S/C17H20N4/c1-3-21-17-7-5-4-6-15(17)16(20-21)12-19-13(2)14-8-10-18-11-9-14/h4-11,13,19H,3,12H2,1-2H3/t13-/m0/s1. The first kappa shape index (κ1) is 13.8. The van der Waals surface area contributed by atoms with E-state index < -0.39 is 0 Å². The van der Waals surface area contributed by atoms with Gasteiger partial charge in [-0.1, -0.05) is 18.2 Å². The number of nitrogens with one attached hydrogen (secondary N) is 1. The number of aryl methyl sites for hydroxylation is 1. The van der Waals surface area contributed by atoms with Crippen molar-refractivity contribution in [2.75, 3.05) is 0 Å². The van der Waals surface area contributed by atoms with Crippen molar-refractivity contribution in [1.82, 2.24) is 20.1 Å². The summed E-state index contributed by atoms with van der Waals surface area (Å²) in [5, 5.41) is 9.49. The number of hydrogen-bond acceptors (Lipinski definition) is 3. The van der Waals surface area contributed by atoms with Crippen molar-refractivity contribution in [1.29, 1.82) is 0 Å². The molecule has 0 saturated heterocycles. The lowest BCUT2D eigenvalue weighted by Crippen LogP contribution is -2.18. The normalized spacial score (nSPS) is 12.7. The summed E-state index contributed by atoms with van der Waals surface area (Å²) in [5.74, 6) is 0. The van der Waals surface area contributed by atoms with E-state index in [4.69, 9.17) is 5.10 Å². The lowest BCUT2D eigenvalue weighted by atomic mass is 10.1. The first-order valence-corrected chi connectivity index (χ1v) is 7.37. The smallest absolute Gasteiger partial charge is 0.0841 e. The van der Waals surface area contributed by atoms with Gasteiger partial charge in [-0.3, -0.25) is 9.67 Å². The third kappa shape index (κ3) is 2.81. The van der Waals surface area contributed by atoms with Crippen LogP contribution in [0.15, 0.2) is 48.8 Å². The van der Waals surface area contributed by atoms with Gasteiger partial charge in [0.2, 0.25) is 0 Å². The Labute approximate surface area is 124 Å². The van der Waals surface area contributed by atoms with Gasteiger partial charge in [-0.2, -0.15) is 5.10 Å². The van der Waals surface area contributed by atoms with Gasteiger partial charge in [-0.25, -0.2) is 0 Å². The first-order valence-electron chi connectivity index (χ1n) is 7.37. The third-order valence-electron chi connectivity index (χ3n) is 3.82. The quantitative estimate of drug-likeness (QED) is 0.779. The number of fused-ring (bicyclic) bond motifs is 1. The number of rotatable bonds is 5. The fourth-order valence-corrected chi connectivity index (χ4v) is 2.59. The highest BCUT2D eigenvalue weighted by molar-refractivity contribution is 5.81. The van der Waals surface area contributed by atoms with Crippen molar-refractivity contribution in [2.45, 2.75) is 33.0 Å². The maximum absolute atomic E-state index is 4.72. The fraction of sp³-hybridized carbons (Fsp3) is 0.294. The Hall–Kier alpha value is -2.20. The SMILES string of the molecule is CCn1nc(CN[C@@H](C)c2ccncc2)c2ccccc21. The molecular weight excluding hydrogens is 260 g/mol. The summed E-state index contributed by atoms with van der Waals surface area (Å²) < 4.78 is 2.06. The van der Waals surface area contributed by atoms with Crippen LogP contribution in [0.3, 0.4) is 0 Å². The molecule has 0 spiro atoms. The monoisotopic (exact) mass is 280 g/mol. The van der Waals surface area contributed by atoms with Crippen LogP contribution in [0, 0.1) is 0 Å². The molecule has 0 saturated carbocycles. The van der Waals surface area contributed by atoms with E-state index in [1.165, 1.54) is 16.5 Å². The van der Waals surface area contributed by atoms with Gasteiger partial charge in [0.15, 0.2) is 0 Å². The van der Waals surface area contributed by atoms with Crippen molar-refractivity contribution in [3.05, 3.63) is 60.0 Å². The fourth-order valence-electron chi connectivity index (χ4n) is 2.59. The molecule has 0 bridgehead atoms. The van der Waals surface area contributed by atoms with Gasteiger partial charge in [-0.15, -0.1) is 0 Å². The van der Waals surface area contributed by atoms with Gasteiger partial charge in [-0.05, 0) is 37.6 Å². The second kappa shape index (κ2) is 6.06. The Morgan fingerprint density at radius 3 is 2.67 bits per heavy atom. The van der Waals surface area contributed by atoms with Crippen molar-refractivity contribution in [3.8, 4) is 0 Å². The van der Waals surface area contributed by atoms with Crippen LogP contribution in [0.5, 0.6) is 0 Å². The van der Waals surface area contributed by atoms with Crippen LogP contribution in [-0.2, 0) is 13.1 Å². The molecule has 1 aromatic carbocycles. The van der Waals surface area contributed by atoms with Gasteiger partial charge < -0.3 is 5.32 Å². The van der Waals surface area contributed by atoms with Crippen LogP contribution in [-0.4, -0.2) is 14.8 Å². The van der Waals surface area contributed by atoms with E-state index in [0.717, 1.165) is 18.8 Å². The Balaban J connectivity index is 1.79. The topological polar surface area (TPSA) is 42.7 Å². The van der Waals surface area contributed by atoms with E-state index in [-0.39, 0.29) is 6.04 Å². The largest absolute Gasteiger partial charge is 0.304 e. The second-order valence-electron chi connectivity index (χ2n) is 5.16. The number of benzene rings is 1. The molecule has 2 aromatic heterocycles. The summed E-state index contributed by atoms with van der Waals surface area (Å²) in [4.78, 5) is 4.06. The number of para-hydroxylation sites is 1.